The van der Waals surface area contributed by atoms with E-state index in [1.54, 1.807) is 26.1 Å². The van der Waals surface area contributed by atoms with Gasteiger partial charge in [0.1, 0.15) is 6.10 Å². The second kappa shape index (κ2) is 8.86. The van der Waals surface area contributed by atoms with E-state index in [1.807, 2.05) is 0 Å². The zero-order valence-corrected chi connectivity index (χ0v) is 18.9. The molecule has 1 aromatic carbocycles. The van der Waals surface area contributed by atoms with Gasteiger partial charge in [-0.25, -0.2) is 8.42 Å². The molecule has 0 spiro atoms. The van der Waals surface area contributed by atoms with Gasteiger partial charge in [-0.3, -0.25) is 14.7 Å². The first kappa shape index (κ1) is 24.2. The highest BCUT2D eigenvalue weighted by Gasteiger charge is 2.35. The number of pyridine rings is 2. The van der Waals surface area contributed by atoms with Crippen LogP contribution in [-0.4, -0.2) is 23.5 Å². The van der Waals surface area contributed by atoms with E-state index < -0.39 is 37.8 Å². The Balaban J connectivity index is 2.08. The van der Waals surface area contributed by atoms with Crippen molar-refractivity contribution in [1.82, 2.24) is 9.97 Å². The minimum atomic E-state index is -4.85. The molecule has 0 bridgehead atoms. The molecule has 0 saturated heterocycles. The van der Waals surface area contributed by atoms with Crippen LogP contribution in [0.15, 0.2) is 47.6 Å². The molecule has 0 fully saturated rings. The molecular weight excluding hydrogens is 490 g/mol. The number of nitrogens with zero attached hydrogens (tertiary/aromatic N) is 2. The van der Waals surface area contributed by atoms with Crippen LogP contribution in [0, 0.1) is 13.8 Å². The molecule has 1 unspecified atom stereocenters. The lowest BCUT2D eigenvalue weighted by molar-refractivity contribution is -0.137. The van der Waals surface area contributed by atoms with E-state index in [0.717, 1.165) is 12.1 Å². The van der Waals surface area contributed by atoms with Gasteiger partial charge in [-0.2, -0.15) is 13.2 Å². The summed E-state index contributed by atoms with van der Waals surface area (Å²) in [6.45, 7) is 3.40. The summed E-state index contributed by atoms with van der Waals surface area (Å²) in [5, 5.41) is 10.3. The van der Waals surface area contributed by atoms with Crippen LogP contribution in [0.4, 0.5) is 18.9 Å². The molecule has 0 aliphatic carbocycles. The van der Waals surface area contributed by atoms with Crippen molar-refractivity contribution in [3.63, 3.8) is 0 Å². The number of halogens is 5. The summed E-state index contributed by atoms with van der Waals surface area (Å²) in [6.07, 6.45) is -3.46. The molecule has 0 amide bonds. The van der Waals surface area contributed by atoms with Gasteiger partial charge < -0.3 is 5.11 Å². The quantitative estimate of drug-likeness (QED) is 0.490. The number of anilines is 1. The molecule has 170 valence electrons. The van der Waals surface area contributed by atoms with Gasteiger partial charge in [-0.1, -0.05) is 23.2 Å². The minimum Gasteiger partial charge on any atom is -0.382 e. The molecule has 3 aromatic rings. The van der Waals surface area contributed by atoms with Crippen molar-refractivity contribution in [2.45, 2.75) is 31.0 Å². The normalized spacial score (nSPS) is 13.1. The summed E-state index contributed by atoms with van der Waals surface area (Å²) in [4.78, 5) is 7.50. The summed E-state index contributed by atoms with van der Waals surface area (Å²) >= 11 is 11.5. The maximum Gasteiger partial charge on any atom is 0.417 e. The van der Waals surface area contributed by atoms with Crippen LogP contribution in [0.3, 0.4) is 0 Å². The Labute approximate surface area is 192 Å². The van der Waals surface area contributed by atoms with Crippen molar-refractivity contribution in [3.05, 3.63) is 80.8 Å². The SMILES string of the molecule is Cc1ccnc(C)c1C(O)c1ncc(Cl)cc1NS(=O)(=O)c1ccc(Cl)c(C(F)(F)F)c1. The maximum atomic E-state index is 13.2. The molecule has 0 aliphatic heterocycles. The molecule has 0 aliphatic rings. The Kier molecular flexibility index (Phi) is 6.71. The Morgan fingerprint density at radius 2 is 1.78 bits per heavy atom. The lowest BCUT2D eigenvalue weighted by Gasteiger charge is -2.19. The van der Waals surface area contributed by atoms with Crippen molar-refractivity contribution < 1.29 is 26.7 Å². The summed E-state index contributed by atoms with van der Waals surface area (Å²) in [5.74, 6) is 0. The topological polar surface area (TPSA) is 92.2 Å². The third-order valence-electron chi connectivity index (χ3n) is 4.62. The number of hydrogen-bond acceptors (Lipinski definition) is 5. The predicted molar refractivity (Wildman–Crippen MR) is 114 cm³/mol. The summed E-state index contributed by atoms with van der Waals surface area (Å²) in [5.41, 5.74) is -0.00116. The van der Waals surface area contributed by atoms with E-state index in [4.69, 9.17) is 23.2 Å². The van der Waals surface area contributed by atoms with Crippen LogP contribution >= 0.6 is 23.2 Å². The molecule has 12 heteroatoms. The van der Waals surface area contributed by atoms with E-state index in [-0.39, 0.29) is 16.4 Å². The fraction of sp³-hybridized carbons (Fsp3) is 0.200. The molecule has 2 heterocycles. The smallest absolute Gasteiger partial charge is 0.382 e. The summed E-state index contributed by atoms with van der Waals surface area (Å²) < 4.78 is 67.4. The van der Waals surface area contributed by atoms with Crippen molar-refractivity contribution in [3.8, 4) is 0 Å². The molecule has 32 heavy (non-hydrogen) atoms. The van der Waals surface area contributed by atoms with Gasteiger partial charge in [0, 0.05) is 23.7 Å². The van der Waals surface area contributed by atoms with Gasteiger partial charge in [0.25, 0.3) is 10.0 Å². The van der Waals surface area contributed by atoms with Crippen LogP contribution in [0.1, 0.15) is 34.2 Å². The van der Waals surface area contributed by atoms with E-state index in [1.165, 1.54) is 12.3 Å². The van der Waals surface area contributed by atoms with Crippen LogP contribution < -0.4 is 4.72 Å². The fourth-order valence-electron chi connectivity index (χ4n) is 3.10. The minimum absolute atomic E-state index is 0.0466. The first-order valence-corrected chi connectivity index (χ1v) is 11.2. The second-order valence-corrected chi connectivity index (χ2v) is 9.39. The van der Waals surface area contributed by atoms with Gasteiger partial charge >= 0.3 is 6.18 Å². The first-order chi connectivity index (χ1) is 14.8. The number of rotatable bonds is 5. The zero-order chi connectivity index (χ0) is 23.8. The largest absolute Gasteiger partial charge is 0.417 e. The van der Waals surface area contributed by atoms with Crippen molar-refractivity contribution in [2.24, 2.45) is 0 Å². The number of benzene rings is 1. The van der Waals surface area contributed by atoms with Crippen LogP contribution in [-0.2, 0) is 16.2 Å². The van der Waals surface area contributed by atoms with Crippen LogP contribution in [0.25, 0.3) is 0 Å². The number of hydrogen-bond donors (Lipinski definition) is 2. The monoisotopic (exact) mass is 505 g/mol. The van der Waals surface area contributed by atoms with Gasteiger partial charge in [-0.05, 0) is 49.7 Å². The summed E-state index contributed by atoms with van der Waals surface area (Å²) in [7, 11) is -4.52. The molecule has 2 N–H and O–H groups in total. The lowest BCUT2D eigenvalue weighted by atomic mass is 9.99. The first-order valence-electron chi connectivity index (χ1n) is 8.96. The second-order valence-electron chi connectivity index (χ2n) is 6.86. The third kappa shape index (κ3) is 4.98. The molecule has 0 radical (unpaired) electrons. The van der Waals surface area contributed by atoms with Crippen LogP contribution in [0.2, 0.25) is 10.0 Å². The van der Waals surface area contributed by atoms with Gasteiger partial charge in [0.2, 0.25) is 0 Å². The number of aryl methyl sites for hydroxylation is 2. The molecule has 3 rings (SSSR count). The number of sulfonamides is 1. The Bertz CT molecular complexity index is 1260. The third-order valence-corrected chi connectivity index (χ3v) is 6.52. The average Bonchev–Trinajstić information content (AvgIpc) is 2.66. The van der Waals surface area contributed by atoms with Gasteiger partial charge in [0.05, 0.1) is 31.9 Å². The summed E-state index contributed by atoms with van der Waals surface area (Å²) in [6, 6.07) is 5.06. The number of nitrogens with one attached hydrogen (secondary N) is 1. The van der Waals surface area contributed by atoms with E-state index in [0.29, 0.717) is 22.9 Å². The Hall–Kier alpha value is -2.40. The fourth-order valence-corrected chi connectivity index (χ4v) is 4.57. The van der Waals surface area contributed by atoms with Crippen molar-refractivity contribution in [2.75, 3.05) is 4.72 Å². The Morgan fingerprint density at radius 3 is 2.41 bits per heavy atom. The molecule has 6 nitrogen and oxygen atoms in total. The predicted octanol–water partition coefficient (Wildman–Crippen LogP) is 5.30. The lowest BCUT2D eigenvalue weighted by Crippen LogP contribution is -2.18. The van der Waals surface area contributed by atoms with Crippen LogP contribution in [0.5, 0.6) is 0 Å². The highest BCUT2D eigenvalue weighted by atomic mass is 35.5. The van der Waals surface area contributed by atoms with Crippen molar-refractivity contribution >= 4 is 38.9 Å². The van der Waals surface area contributed by atoms with E-state index >= 15 is 0 Å². The molecule has 0 saturated carbocycles. The van der Waals surface area contributed by atoms with Gasteiger partial charge in [0.15, 0.2) is 0 Å². The van der Waals surface area contributed by atoms with Crippen molar-refractivity contribution in [1.29, 1.82) is 0 Å². The van der Waals surface area contributed by atoms with E-state index in [9.17, 15) is 26.7 Å². The highest BCUT2D eigenvalue weighted by molar-refractivity contribution is 7.92. The Morgan fingerprint density at radius 1 is 1.09 bits per heavy atom. The standard InChI is InChI=1S/C20H16Cl2F3N3O3S/c1-10-5-6-26-11(2)17(10)19(29)18-16(7-12(21)9-27-18)28-32(30,31)13-3-4-15(22)14(8-13)20(23,24)25/h3-9,19,28-29H,1-2H3. The maximum absolute atomic E-state index is 13.2. The molecular formula is C20H16Cl2F3N3O3S. The zero-order valence-electron chi connectivity index (χ0n) is 16.6. The van der Waals surface area contributed by atoms with Gasteiger partial charge in [-0.15, -0.1) is 0 Å². The number of alkyl halides is 3. The highest BCUT2D eigenvalue weighted by Crippen LogP contribution is 2.37. The number of aliphatic hydroxyl groups excluding tert-OH is 1. The number of aromatic nitrogens is 2. The number of aliphatic hydroxyl groups is 1. The average molecular weight is 506 g/mol. The molecule has 2 aromatic heterocycles. The van der Waals surface area contributed by atoms with E-state index in [2.05, 4.69) is 14.7 Å². The molecule has 1 atom stereocenters.